The number of benzene rings is 2. The third-order valence-corrected chi connectivity index (χ3v) is 3.41. The van der Waals surface area contributed by atoms with E-state index in [-0.39, 0.29) is 22.2 Å². The van der Waals surface area contributed by atoms with Gasteiger partial charge in [0.2, 0.25) is 6.10 Å². The van der Waals surface area contributed by atoms with E-state index in [9.17, 15) is 14.7 Å². The lowest BCUT2D eigenvalue weighted by atomic mass is 10.1. The molecular weight excluding hydrogens is 318 g/mol. The lowest BCUT2D eigenvalue weighted by Gasteiger charge is -2.21. The van der Waals surface area contributed by atoms with Gasteiger partial charge in [-0.15, -0.1) is 0 Å². The maximum Gasteiger partial charge on any atom is 0.343 e. The van der Waals surface area contributed by atoms with Crippen molar-refractivity contribution in [2.24, 2.45) is 0 Å². The predicted octanol–water partition coefficient (Wildman–Crippen LogP) is 3.03. The van der Waals surface area contributed by atoms with Gasteiger partial charge in [0.05, 0.1) is 0 Å². The third-order valence-electron chi connectivity index (χ3n) is 3.17. The molecule has 2 rings (SSSR count). The Kier molecular flexibility index (Phi) is 5.24. The quantitative estimate of drug-likeness (QED) is 0.873. The van der Waals surface area contributed by atoms with E-state index < -0.39 is 12.1 Å². The number of carbonyl (C=O) groups excluding carboxylic acids is 2. The van der Waals surface area contributed by atoms with E-state index in [0.717, 1.165) is 0 Å². The standard InChI is InChI=1S/C17H16ClNO4/c1-19(2)16(21)15(11-6-4-3-5-7-11)23-17(22)13-10-12(18)8-9-14(13)20/h3-10,15,20H,1-2H3/t15-/m1/s1. The molecule has 1 atom stereocenters. The average molecular weight is 334 g/mol. The number of nitrogens with zero attached hydrogens (tertiary/aromatic N) is 1. The van der Waals surface area contributed by atoms with Crippen LogP contribution < -0.4 is 0 Å². The Morgan fingerprint density at radius 3 is 2.39 bits per heavy atom. The Bertz CT molecular complexity index is 716. The molecule has 120 valence electrons. The molecule has 0 unspecified atom stereocenters. The number of halogens is 1. The molecule has 0 radical (unpaired) electrons. The van der Waals surface area contributed by atoms with E-state index in [4.69, 9.17) is 16.3 Å². The maximum absolute atomic E-state index is 12.3. The second-order valence-corrected chi connectivity index (χ2v) is 5.53. The van der Waals surface area contributed by atoms with Gasteiger partial charge in [0.15, 0.2) is 0 Å². The number of amides is 1. The highest BCUT2D eigenvalue weighted by molar-refractivity contribution is 6.31. The van der Waals surface area contributed by atoms with Crippen molar-refractivity contribution in [1.82, 2.24) is 4.90 Å². The molecule has 0 fully saturated rings. The second-order valence-electron chi connectivity index (χ2n) is 5.09. The topological polar surface area (TPSA) is 66.8 Å². The summed E-state index contributed by atoms with van der Waals surface area (Å²) in [5.41, 5.74) is 0.450. The highest BCUT2D eigenvalue weighted by Gasteiger charge is 2.28. The molecular formula is C17H16ClNO4. The number of likely N-dealkylation sites (N-methyl/N-ethyl adjacent to an activating group) is 1. The summed E-state index contributed by atoms with van der Waals surface area (Å²) in [6.45, 7) is 0. The molecule has 0 bridgehead atoms. The zero-order valence-corrected chi connectivity index (χ0v) is 13.4. The van der Waals surface area contributed by atoms with Crippen LogP contribution in [0.25, 0.3) is 0 Å². The summed E-state index contributed by atoms with van der Waals surface area (Å²) in [5.74, 6) is -1.47. The molecule has 2 aromatic carbocycles. The fraction of sp³-hybridized carbons (Fsp3) is 0.176. The van der Waals surface area contributed by atoms with Crippen LogP contribution in [0, 0.1) is 0 Å². The van der Waals surface area contributed by atoms with E-state index in [1.54, 1.807) is 44.4 Å². The van der Waals surface area contributed by atoms with Gasteiger partial charge in [0, 0.05) is 24.7 Å². The fourth-order valence-corrected chi connectivity index (χ4v) is 2.14. The van der Waals surface area contributed by atoms with E-state index in [0.29, 0.717) is 5.56 Å². The predicted molar refractivity (Wildman–Crippen MR) is 86.4 cm³/mol. The summed E-state index contributed by atoms with van der Waals surface area (Å²) in [7, 11) is 3.14. The van der Waals surface area contributed by atoms with Crippen LogP contribution in [-0.4, -0.2) is 36.0 Å². The van der Waals surface area contributed by atoms with Crippen LogP contribution in [0.5, 0.6) is 5.75 Å². The summed E-state index contributed by atoms with van der Waals surface area (Å²) in [6.07, 6.45) is -1.10. The molecule has 0 saturated heterocycles. The van der Waals surface area contributed by atoms with Crippen LogP contribution in [0.1, 0.15) is 22.0 Å². The van der Waals surface area contributed by atoms with Crippen molar-refractivity contribution < 1.29 is 19.4 Å². The smallest absolute Gasteiger partial charge is 0.343 e. The number of phenolic OH excluding ortho intramolecular Hbond substituents is 1. The number of ether oxygens (including phenoxy) is 1. The van der Waals surface area contributed by atoms with Gasteiger partial charge in [0.1, 0.15) is 11.3 Å². The van der Waals surface area contributed by atoms with Gasteiger partial charge in [0.25, 0.3) is 5.91 Å². The average Bonchev–Trinajstić information content (AvgIpc) is 2.54. The highest BCUT2D eigenvalue weighted by atomic mass is 35.5. The van der Waals surface area contributed by atoms with Crippen molar-refractivity contribution in [2.45, 2.75) is 6.10 Å². The van der Waals surface area contributed by atoms with Crippen LogP contribution in [0.3, 0.4) is 0 Å². The van der Waals surface area contributed by atoms with Crippen molar-refractivity contribution in [1.29, 1.82) is 0 Å². The zero-order chi connectivity index (χ0) is 17.0. The number of rotatable bonds is 4. The Morgan fingerprint density at radius 2 is 1.78 bits per heavy atom. The Labute approximate surface area is 139 Å². The summed E-state index contributed by atoms with van der Waals surface area (Å²) < 4.78 is 5.33. The number of hydrogen-bond acceptors (Lipinski definition) is 4. The molecule has 0 spiro atoms. The summed E-state index contributed by atoms with van der Waals surface area (Å²) in [4.78, 5) is 26.0. The first-order valence-corrected chi connectivity index (χ1v) is 7.23. The minimum absolute atomic E-state index is 0.0926. The van der Waals surface area contributed by atoms with E-state index in [2.05, 4.69) is 0 Å². The SMILES string of the molecule is CN(C)C(=O)[C@H](OC(=O)c1cc(Cl)ccc1O)c1ccccc1. The molecule has 0 aliphatic heterocycles. The number of esters is 1. The van der Waals surface area contributed by atoms with Crippen LogP contribution in [0.4, 0.5) is 0 Å². The molecule has 0 saturated carbocycles. The Balaban J connectivity index is 2.32. The van der Waals surface area contributed by atoms with E-state index in [1.807, 2.05) is 0 Å². The van der Waals surface area contributed by atoms with Crippen molar-refractivity contribution in [3.05, 3.63) is 64.7 Å². The lowest BCUT2D eigenvalue weighted by Crippen LogP contribution is -2.31. The van der Waals surface area contributed by atoms with Crippen LogP contribution in [0.15, 0.2) is 48.5 Å². The number of hydrogen-bond donors (Lipinski definition) is 1. The number of phenols is 1. The minimum Gasteiger partial charge on any atom is -0.507 e. The molecule has 23 heavy (non-hydrogen) atoms. The number of aromatic hydroxyl groups is 1. The molecule has 2 aromatic rings. The van der Waals surface area contributed by atoms with Crippen LogP contribution >= 0.6 is 11.6 Å². The van der Waals surface area contributed by atoms with Crippen molar-refractivity contribution in [2.75, 3.05) is 14.1 Å². The summed E-state index contributed by atoms with van der Waals surface area (Å²) in [5, 5.41) is 10.1. The highest BCUT2D eigenvalue weighted by Crippen LogP contribution is 2.26. The van der Waals surface area contributed by atoms with Gasteiger partial charge in [-0.3, -0.25) is 4.79 Å². The fourth-order valence-electron chi connectivity index (χ4n) is 1.97. The lowest BCUT2D eigenvalue weighted by molar-refractivity contribution is -0.138. The van der Waals surface area contributed by atoms with Gasteiger partial charge in [-0.2, -0.15) is 0 Å². The molecule has 0 aromatic heterocycles. The molecule has 5 nitrogen and oxygen atoms in total. The molecule has 0 heterocycles. The first-order valence-electron chi connectivity index (χ1n) is 6.85. The zero-order valence-electron chi connectivity index (χ0n) is 12.7. The summed E-state index contributed by atoms with van der Waals surface area (Å²) in [6, 6.07) is 12.7. The van der Waals surface area contributed by atoms with Gasteiger partial charge in [-0.1, -0.05) is 41.9 Å². The van der Waals surface area contributed by atoms with Gasteiger partial charge in [-0.25, -0.2) is 4.79 Å². The first kappa shape index (κ1) is 16.8. The third kappa shape index (κ3) is 4.02. The normalized spacial score (nSPS) is 11.6. The first-order chi connectivity index (χ1) is 10.9. The maximum atomic E-state index is 12.3. The van der Waals surface area contributed by atoms with Crippen molar-refractivity contribution in [3.63, 3.8) is 0 Å². The minimum atomic E-state index is -1.10. The summed E-state index contributed by atoms with van der Waals surface area (Å²) >= 11 is 5.83. The Morgan fingerprint density at radius 1 is 1.13 bits per heavy atom. The molecule has 6 heteroatoms. The number of carbonyl (C=O) groups is 2. The van der Waals surface area contributed by atoms with Gasteiger partial charge in [-0.05, 0) is 18.2 Å². The van der Waals surface area contributed by atoms with Crippen molar-refractivity contribution in [3.8, 4) is 5.75 Å². The van der Waals surface area contributed by atoms with Gasteiger partial charge >= 0.3 is 5.97 Å². The largest absolute Gasteiger partial charge is 0.507 e. The second kappa shape index (κ2) is 7.15. The van der Waals surface area contributed by atoms with Crippen LogP contribution in [-0.2, 0) is 9.53 Å². The molecule has 0 aliphatic rings. The molecule has 0 aliphatic carbocycles. The van der Waals surface area contributed by atoms with Gasteiger partial charge < -0.3 is 14.7 Å². The van der Waals surface area contributed by atoms with Crippen molar-refractivity contribution >= 4 is 23.5 Å². The molecule has 1 amide bonds. The van der Waals surface area contributed by atoms with E-state index in [1.165, 1.54) is 23.1 Å². The molecule has 1 N–H and O–H groups in total. The Hall–Kier alpha value is -2.53. The van der Waals surface area contributed by atoms with Crippen LogP contribution in [0.2, 0.25) is 5.02 Å². The monoisotopic (exact) mass is 333 g/mol. The van der Waals surface area contributed by atoms with E-state index >= 15 is 0 Å².